The second-order valence-corrected chi connectivity index (χ2v) is 5.26. The Bertz CT molecular complexity index is 188. The molecular weight excluding hydrogens is 224 g/mol. The van der Waals surface area contributed by atoms with Crippen molar-refractivity contribution in [1.82, 2.24) is 0 Å². The van der Waals surface area contributed by atoms with E-state index in [1.165, 1.54) is 64.2 Å². The molecule has 0 radical (unpaired) electrons. The van der Waals surface area contributed by atoms with Crippen molar-refractivity contribution in [2.24, 2.45) is 0 Å². The minimum atomic E-state index is 0.113. The Balaban J connectivity index is 2.99. The lowest BCUT2D eigenvalue weighted by Gasteiger charge is -2.02. The summed E-state index contributed by atoms with van der Waals surface area (Å²) in [7, 11) is 0. The fraction of sp³-hybridized carbons (Fsp3) is 0.875. The highest BCUT2D eigenvalue weighted by molar-refractivity contribution is 4.82. The van der Waals surface area contributed by atoms with Gasteiger partial charge in [0.25, 0.3) is 0 Å². The lowest BCUT2D eigenvalue weighted by Crippen LogP contribution is -1.84. The zero-order valence-electron chi connectivity index (χ0n) is 12.2. The van der Waals surface area contributed by atoms with Gasteiger partial charge in [0.05, 0.1) is 0 Å². The molecule has 0 fully saturated rings. The summed E-state index contributed by atoms with van der Waals surface area (Å²) in [5.41, 5.74) is 0. The average Bonchev–Trinajstić information content (AvgIpc) is 2.39. The molecule has 0 aromatic rings. The summed E-state index contributed by atoms with van der Waals surface area (Å²) < 4.78 is 0. The van der Waals surface area contributed by atoms with Crippen LogP contribution in [0.5, 0.6) is 0 Å². The first kappa shape index (κ1) is 17.3. The molecule has 0 saturated carbocycles. The van der Waals surface area contributed by atoms with Gasteiger partial charge in [-0.05, 0) is 6.42 Å². The van der Waals surface area contributed by atoms with E-state index < -0.39 is 0 Å². The monoisotopic (exact) mass is 256 g/mol. The SMILES string of the molecule is CCCCCCCCCCCCCCC(O)=CO. The van der Waals surface area contributed by atoms with Gasteiger partial charge >= 0.3 is 0 Å². The van der Waals surface area contributed by atoms with Crippen LogP contribution in [0.2, 0.25) is 0 Å². The van der Waals surface area contributed by atoms with E-state index in [-0.39, 0.29) is 5.76 Å². The molecule has 2 heteroatoms. The van der Waals surface area contributed by atoms with Crippen LogP contribution >= 0.6 is 0 Å². The molecule has 0 heterocycles. The highest BCUT2D eigenvalue weighted by Gasteiger charge is 1.95. The fourth-order valence-corrected chi connectivity index (χ4v) is 2.21. The minimum Gasteiger partial charge on any atom is -0.512 e. The zero-order chi connectivity index (χ0) is 13.5. The Morgan fingerprint density at radius 3 is 1.50 bits per heavy atom. The zero-order valence-corrected chi connectivity index (χ0v) is 12.2. The predicted octanol–water partition coefficient (Wildman–Crippen LogP) is 6.04. The summed E-state index contributed by atoms with van der Waals surface area (Å²) >= 11 is 0. The van der Waals surface area contributed by atoms with Gasteiger partial charge in [-0.15, -0.1) is 0 Å². The molecule has 0 unspecified atom stereocenters. The van der Waals surface area contributed by atoms with Crippen LogP contribution in [0.25, 0.3) is 0 Å². The Kier molecular flexibility index (Phi) is 13.9. The largest absolute Gasteiger partial charge is 0.512 e. The number of aliphatic hydroxyl groups excluding tert-OH is 2. The molecule has 0 saturated heterocycles. The number of aliphatic hydroxyl groups is 2. The maximum absolute atomic E-state index is 9.03. The molecule has 0 amide bonds. The lowest BCUT2D eigenvalue weighted by atomic mass is 10.0. The van der Waals surface area contributed by atoms with E-state index >= 15 is 0 Å². The Labute approximate surface area is 113 Å². The summed E-state index contributed by atoms with van der Waals surface area (Å²) in [5, 5.41) is 17.5. The number of rotatable bonds is 13. The number of hydrogen-bond donors (Lipinski definition) is 2. The van der Waals surface area contributed by atoms with Gasteiger partial charge in [0, 0.05) is 6.42 Å². The topological polar surface area (TPSA) is 40.5 Å². The molecule has 0 bridgehead atoms. The number of hydrogen-bond acceptors (Lipinski definition) is 2. The van der Waals surface area contributed by atoms with Gasteiger partial charge in [-0.25, -0.2) is 0 Å². The smallest absolute Gasteiger partial charge is 0.126 e. The van der Waals surface area contributed by atoms with Crippen molar-refractivity contribution >= 4 is 0 Å². The van der Waals surface area contributed by atoms with E-state index in [1.54, 1.807) is 0 Å². The van der Waals surface area contributed by atoms with Crippen molar-refractivity contribution in [3.05, 3.63) is 12.0 Å². The highest BCUT2D eigenvalue weighted by Crippen LogP contribution is 2.13. The second kappa shape index (κ2) is 14.4. The Morgan fingerprint density at radius 1 is 0.722 bits per heavy atom. The molecule has 108 valence electrons. The van der Waals surface area contributed by atoms with Gasteiger partial charge < -0.3 is 10.2 Å². The van der Waals surface area contributed by atoms with Crippen LogP contribution in [0.15, 0.2) is 12.0 Å². The molecular formula is C16H32O2. The van der Waals surface area contributed by atoms with E-state index in [2.05, 4.69) is 6.92 Å². The minimum absolute atomic E-state index is 0.113. The van der Waals surface area contributed by atoms with Gasteiger partial charge in [0.1, 0.15) is 12.0 Å². The molecule has 2 N–H and O–H groups in total. The first-order valence-corrected chi connectivity index (χ1v) is 7.83. The third-order valence-corrected chi connectivity index (χ3v) is 3.44. The van der Waals surface area contributed by atoms with Crippen molar-refractivity contribution < 1.29 is 10.2 Å². The Hall–Kier alpha value is -0.660. The summed E-state index contributed by atoms with van der Waals surface area (Å²) in [6.07, 6.45) is 17.3. The van der Waals surface area contributed by atoms with Crippen LogP contribution in [0.3, 0.4) is 0 Å². The van der Waals surface area contributed by atoms with Gasteiger partial charge in [0.15, 0.2) is 0 Å². The van der Waals surface area contributed by atoms with Crippen LogP contribution in [0.4, 0.5) is 0 Å². The Morgan fingerprint density at radius 2 is 1.11 bits per heavy atom. The van der Waals surface area contributed by atoms with Crippen molar-refractivity contribution in [3.63, 3.8) is 0 Å². The molecule has 0 aromatic carbocycles. The molecule has 2 nitrogen and oxygen atoms in total. The molecule has 0 aliphatic heterocycles. The maximum atomic E-state index is 9.03. The third-order valence-electron chi connectivity index (χ3n) is 3.44. The average molecular weight is 256 g/mol. The van der Waals surface area contributed by atoms with E-state index in [0.717, 1.165) is 19.1 Å². The van der Waals surface area contributed by atoms with Crippen molar-refractivity contribution in [2.45, 2.75) is 90.4 Å². The molecule has 0 spiro atoms. The number of unbranched alkanes of at least 4 members (excludes halogenated alkanes) is 11. The van der Waals surface area contributed by atoms with Crippen LogP contribution in [-0.4, -0.2) is 10.2 Å². The first-order chi connectivity index (χ1) is 8.81. The molecule has 0 aliphatic carbocycles. The molecule has 0 rings (SSSR count). The van der Waals surface area contributed by atoms with Crippen molar-refractivity contribution in [3.8, 4) is 0 Å². The van der Waals surface area contributed by atoms with Gasteiger partial charge in [-0.2, -0.15) is 0 Å². The molecule has 0 atom stereocenters. The fourth-order valence-electron chi connectivity index (χ4n) is 2.21. The van der Waals surface area contributed by atoms with Crippen LogP contribution in [-0.2, 0) is 0 Å². The summed E-state index contributed by atoms with van der Waals surface area (Å²) in [4.78, 5) is 0. The van der Waals surface area contributed by atoms with E-state index in [1.807, 2.05) is 0 Å². The number of allylic oxidation sites excluding steroid dienone is 1. The predicted molar refractivity (Wildman–Crippen MR) is 79.0 cm³/mol. The molecule has 0 aliphatic rings. The third kappa shape index (κ3) is 13.4. The maximum Gasteiger partial charge on any atom is 0.126 e. The summed E-state index contributed by atoms with van der Waals surface area (Å²) in [6, 6.07) is 0. The highest BCUT2D eigenvalue weighted by atomic mass is 16.3. The van der Waals surface area contributed by atoms with Crippen molar-refractivity contribution in [2.75, 3.05) is 0 Å². The molecule has 0 aromatic heterocycles. The van der Waals surface area contributed by atoms with E-state index in [4.69, 9.17) is 10.2 Å². The van der Waals surface area contributed by atoms with E-state index in [0.29, 0.717) is 6.42 Å². The standard InChI is InChI=1S/C16H32O2/c1-2-3-4-5-6-7-8-9-10-11-12-13-14-16(18)15-17/h15,17-18H,2-14H2,1H3. The first-order valence-electron chi connectivity index (χ1n) is 7.83. The normalized spacial score (nSPS) is 11.9. The second-order valence-electron chi connectivity index (χ2n) is 5.26. The van der Waals surface area contributed by atoms with Crippen molar-refractivity contribution in [1.29, 1.82) is 0 Å². The summed E-state index contributed by atoms with van der Waals surface area (Å²) in [6.45, 7) is 2.26. The molecule has 18 heavy (non-hydrogen) atoms. The van der Waals surface area contributed by atoms with Gasteiger partial charge in [-0.3, -0.25) is 0 Å². The lowest BCUT2D eigenvalue weighted by molar-refractivity contribution is 0.338. The van der Waals surface area contributed by atoms with Gasteiger partial charge in [0.2, 0.25) is 0 Å². The van der Waals surface area contributed by atoms with Gasteiger partial charge in [-0.1, -0.05) is 77.6 Å². The van der Waals surface area contributed by atoms with E-state index in [9.17, 15) is 0 Å². The van der Waals surface area contributed by atoms with Crippen LogP contribution in [0.1, 0.15) is 90.4 Å². The summed E-state index contributed by atoms with van der Waals surface area (Å²) in [5.74, 6) is 0.113. The van der Waals surface area contributed by atoms with Crippen LogP contribution in [0, 0.1) is 0 Å². The quantitative estimate of drug-likeness (QED) is 0.312. The van der Waals surface area contributed by atoms with Crippen LogP contribution < -0.4 is 0 Å².